The number of amides is 2. The molecule has 24 heavy (non-hydrogen) atoms. The minimum absolute atomic E-state index is 0.157. The maximum Gasteiger partial charge on any atom is 0.406 e. The molecule has 2 aliphatic rings. The number of hydrogen-bond donors (Lipinski definition) is 0. The van der Waals surface area contributed by atoms with E-state index in [9.17, 15) is 22.8 Å². The van der Waals surface area contributed by atoms with Gasteiger partial charge in [0.1, 0.15) is 18.1 Å². The fraction of sp³-hybridized carbons (Fsp3) is 0.625. The summed E-state index contributed by atoms with van der Waals surface area (Å²) in [6.07, 6.45) is -3.04. The molecule has 0 saturated carbocycles. The number of rotatable bonds is 3. The molecule has 0 N–H and O–H groups in total. The van der Waals surface area contributed by atoms with E-state index >= 15 is 0 Å². The lowest BCUT2D eigenvalue weighted by molar-refractivity contribution is -0.157. The maximum atomic E-state index is 12.7. The van der Waals surface area contributed by atoms with Crippen molar-refractivity contribution >= 4 is 11.8 Å². The first kappa shape index (κ1) is 16.9. The van der Waals surface area contributed by atoms with Crippen LogP contribution in [-0.4, -0.2) is 47.4 Å². The fourth-order valence-electron chi connectivity index (χ4n) is 3.50. The third-order valence-electron chi connectivity index (χ3n) is 4.56. The van der Waals surface area contributed by atoms with Gasteiger partial charge in [-0.3, -0.25) is 9.59 Å². The number of nitrogens with zero attached hydrogens (tertiary/aromatic N) is 2. The van der Waals surface area contributed by atoms with Crippen molar-refractivity contribution in [3.63, 3.8) is 0 Å². The first-order chi connectivity index (χ1) is 11.2. The van der Waals surface area contributed by atoms with Crippen molar-refractivity contribution in [2.45, 2.75) is 38.4 Å². The first-order valence-corrected chi connectivity index (χ1v) is 7.96. The van der Waals surface area contributed by atoms with Gasteiger partial charge in [-0.05, 0) is 31.9 Å². The Labute approximate surface area is 137 Å². The SMILES string of the molecule is Cc1ccc([C@@H]2CCCN2C(=O)[C@H]2CC(=O)N(CC(F)(F)F)C2)o1. The molecule has 1 aromatic rings. The Bertz CT molecular complexity index is 641. The summed E-state index contributed by atoms with van der Waals surface area (Å²) >= 11 is 0. The summed E-state index contributed by atoms with van der Waals surface area (Å²) in [5, 5.41) is 0. The quantitative estimate of drug-likeness (QED) is 0.847. The van der Waals surface area contributed by atoms with Crippen molar-refractivity contribution in [1.29, 1.82) is 0 Å². The van der Waals surface area contributed by atoms with Gasteiger partial charge >= 0.3 is 6.18 Å². The molecule has 0 spiro atoms. The fourth-order valence-corrected chi connectivity index (χ4v) is 3.50. The highest BCUT2D eigenvalue weighted by atomic mass is 19.4. The molecule has 132 valence electrons. The van der Waals surface area contributed by atoms with Gasteiger partial charge in [0.25, 0.3) is 0 Å². The second-order valence-electron chi connectivity index (χ2n) is 6.43. The van der Waals surface area contributed by atoms with Gasteiger partial charge in [0, 0.05) is 19.5 Å². The van der Waals surface area contributed by atoms with Gasteiger partial charge < -0.3 is 14.2 Å². The van der Waals surface area contributed by atoms with Gasteiger partial charge in [-0.25, -0.2) is 0 Å². The van der Waals surface area contributed by atoms with Gasteiger partial charge in [-0.15, -0.1) is 0 Å². The number of hydrogen-bond acceptors (Lipinski definition) is 3. The largest absolute Gasteiger partial charge is 0.464 e. The molecule has 1 aromatic heterocycles. The topological polar surface area (TPSA) is 53.8 Å². The number of likely N-dealkylation sites (tertiary alicyclic amines) is 2. The van der Waals surface area contributed by atoms with Crippen molar-refractivity contribution in [2.75, 3.05) is 19.6 Å². The summed E-state index contributed by atoms with van der Waals surface area (Å²) in [7, 11) is 0. The predicted molar refractivity (Wildman–Crippen MR) is 77.9 cm³/mol. The average Bonchev–Trinajstić information content (AvgIpc) is 3.17. The zero-order valence-corrected chi connectivity index (χ0v) is 13.3. The van der Waals surface area contributed by atoms with Crippen LogP contribution in [0, 0.1) is 12.8 Å². The molecule has 3 heterocycles. The number of halogens is 3. The Kier molecular flexibility index (Phi) is 4.31. The van der Waals surface area contributed by atoms with E-state index in [1.54, 1.807) is 4.90 Å². The molecule has 0 unspecified atom stereocenters. The lowest BCUT2D eigenvalue weighted by Gasteiger charge is -2.26. The number of carbonyl (C=O) groups excluding carboxylic acids is 2. The van der Waals surface area contributed by atoms with E-state index in [2.05, 4.69) is 0 Å². The van der Waals surface area contributed by atoms with Crippen LogP contribution in [0.15, 0.2) is 16.5 Å². The van der Waals surface area contributed by atoms with Crippen LogP contribution >= 0.6 is 0 Å². The summed E-state index contributed by atoms with van der Waals surface area (Å²) in [5.41, 5.74) is 0. The van der Waals surface area contributed by atoms with Crippen molar-refractivity contribution in [2.24, 2.45) is 5.92 Å². The van der Waals surface area contributed by atoms with Crippen molar-refractivity contribution < 1.29 is 27.2 Å². The van der Waals surface area contributed by atoms with Gasteiger partial charge in [-0.1, -0.05) is 0 Å². The summed E-state index contributed by atoms with van der Waals surface area (Å²) in [6, 6.07) is 3.44. The van der Waals surface area contributed by atoms with Crippen LogP contribution in [0.25, 0.3) is 0 Å². The van der Waals surface area contributed by atoms with E-state index in [4.69, 9.17) is 4.42 Å². The van der Waals surface area contributed by atoms with Crippen LogP contribution in [0.5, 0.6) is 0 Å². The van der Waals surface area contributed by atoms with Crippen molar-refractivity contribution in [3.8, 4) is 0 Å². The van der Waals surface area contributed by atoms with Gasteiger partial charge in [0.05, 0.1) is 12.0 Å². The molecule has 0 radical (unpaired) electrons. The standard InChI is InChI=1S/C16H19F3N2O3/c1-10-4-5-13(24-10)12-3-2-6-21(12)15(23)11-7-14(22)20(8-11)9-16(17,18)19/h4-5,11-12H,2-3,6-9H2,1H3/t11-,12-/m0/s1. The second-order valence-corrected chi connectivity index (χ2v) is 6.43. The summed E-state index contributed by atoms with van der Waals surface area (Å²) in [5.74, 6) is -0.150. The van der Waals surface area contributed by atoms with Crippen LogP contribution in [0.2, 0.25) is 0 Å². The van der Waals surface area contributed by atoms with Gasteiger partial charge in [0.15, 0.2) is 0 Å². The Hall–Kier alpha value is -1.99. The smallest absolute Gasteiger partial charge is 0.406 e. The van der Waals surface area contributed by atoms with Crippen LogP contribution < -0.4 is 0 Å². The predicted octanol–water partition coefficient (Wildman–Crippen LogP) is 2.66. The number of furan rings is 1. The zero-order valence-electron chi connectivity index (χ0n) is 13.3. The van der Waals surface area contributed by atoms with Crippen molar-refractivity contribution in [1.82, 2.24) is 9.80 Å². The van der Waals surface area contributed by atoms with E-state index in [-0.39, 0.29) is 24.9 Å². The molecular formula is C16H19F3N2O3. The molecule has 5 nitrogen and oxygen atoms in total. The molecule has 2 saturated heterocycles. The number of carbonyl (C=O) groups is 2. The van der Waals surface area contributed by atoms with Crippen LogP contribution in [-0.2, 0) is 9.59 Å². The molecule has 2 aliphatic heterocycles. The molecule has 8 heteroatoms. The Morgan fingerprint density at radius 3 is 2.75 bits per heavy atom. The molecule has 0 aromatic carbocycles. The molecule has 2 fully saturated rings. The van der Waals surface area contributed by atoms with Crippen LogP contribution in [0.1, 0.15) is 36.8 Å². The summed E-state index contributed by atoms with van der Waals surface area (Å²) in [4.78, 5) is 26.9. The van der Waals surface area contributed by atoms with E-state index in [0.717, 1.165) is 23.5 Å². The first-order valence-electron chi connectivity index (χ1n) is 7.96. The van der Waals surface area contributed by atoms with Crippen molar-refractivity contribution in [3.05, 3.63) is 23.7 Å². The minimum atomic E-state index is -4.45. The van der Waals surface area contributed by atoms with E-state index < -0.39 is 24.5 Å². The normalized spacial score (nSPS) is 24.9. The Balaban J connectivity index is 1.69. The highest BCUT2D eigenvalue weighted by Gasteiger charge is 2.43. The molecule has 0 bridgehead atoms. The number of aryl methyl sites for hydroxylation is 1. The minimum Gasteiger partial charge on any atom is -0.464 e. The third kappa shape index (κ3) is 3.42. The van der Waals surface area contributed by atoms with E-state index in [1.807, 2.05) is 19.1 Å². The second kappa shape index (κ2) is 6.14. The lowest BCUT2D eigenvalue weighted by atomic mass is 10.1. The molecule has 2 amide bonds. The van der Waals surface area contributed by atoms with Crippen LogP contribution in [0.3, 0.4) is 0 Å². The maximum absolute atomic E-state index is 12.7. The monoisotopic (exact) mass is 344 g/mol. The molecule has 3 rings (SSSR count). The molecule has 0 aliphatic carbocycles. The summed E-state index contributed by atoms with van der Waals surface area (Å²) in [6.45, 7) is 0.885. The molecular weight excluding hydrogens is 325 g/mol. The Morgan fingerprint density at radius 2 is 2.12 bits per heavy atom. The number of alkyl halides is 3. The van der Waals surface area contributed by atoms with Gasteiger partial charge in [0.2, 0.25) is 11.8 Å². The summed E-state index contributed by atoms with van der Waals surface area (Å²) < 4.78 is 43.1. The average molecular weight is 344 g/mol. The molecule has 2 atom stereocenters. The van der Waals surface area contributed by atoms with Gasteiger partial charge in [-0.2, -0.15) is 13.2 Å². The highest BCUT2D eigenvalue weighted by Crippen LogP contribution is 2.35. The van der Waals surface area contributed by atoms with E-state index in [1.165, 1.54) is 0 Å². The third-order valence-corrected chi connectivity index (χ3v) is 4.56. The lowest BCUT2D eigenvalue weighted by Crippen LogP contribution is -2.38. The van der Waals surface area contributed by atoms with E-state index in [0.29, 0.717) is 12.3 Å². The zero-order chi connectivity index (χ0) is 17.5. The van der Waals surface area contributed by atoms with Crippen LogP contribution in [0.4, 0.5) is 13.2 Å². The highest BCUT2D eigenvalue weighted by molar-refractivity contribution is 5.89. The Morgan fingerprint density at radius 1 is 1.38 bits per heavy atom.